The van der Waals surface area contributed by atoms with E-state index in [0.717, 1.165) is 22.5 Å². The number of ether oxygens (including phenoxy) is 3. The fraction of sp³-hybridized carbons (Fsp3) is 0.238. The standard InChI is InChI=1S/C21H23NO3/c1-23-11-12-24-13-14-25-21-10-8-17-15-20(9-7-18(17)16-21)22-19-5-3-2-4-6-19/h2-10,15-16,22H,11-14H2,1H3. The smallest absolute Gasteiger partial charge is 0.120 e. The molecule has 130 valence electrons. The third-order valence-electron chi connectivity index (χ3n) is 3.80. The van der Waals surface area contributed by atoms with Crippen molar-refractivity contribution in [1.29, 1.82) is 0 Å². The van der Waals surface area contributed by atoms with Crippen LogP contribution < -0.4 is 10.1 Å². The average Bonchev–Trinajstić information content (AvgIpc) is 2.65. The molecule has 0 unspecified atom stereocenters. The van der Waals surface area contributed by atoms with Crippen LogP contribution in [0.2, 0.25) is 0 Å². The summed E-state index contributed by atoms with van der Waals surface area (Å²) in [6.45, 7) is 2.29. The van der Waals surface area contributed by atoms with Gasteiger partial charge in [-0.3, -0.25) is 0 Å². The van der Waals surface area contributed by atoms with Gasteiger partial charge in [-0.25, -0.2) is 0 Å². The number of hydrogen-bond acceptors (Lipinski definition) is 4. The molecule has 0 saturated carbocycles. The van der Waals surface area contributed by atoms with Crippen molar-refractivity contribution in [3.63, 3.8) is 0 Å². The van der Waals surface area contributed by atoms with Crippen molar-refractivity contribution in [1.82, 2.24) is 0 Å². The zero-order valence-corrected chi connectivity index (χ0v) is 14.4. The highest BCUT2D eigenvalue weighted by atomic mass is 16.5. The first kappa shape index (κ1) is 17.3. The number of anilines is 2. The van der Waals surface area contributed by atoms with Gasteiger partial charge in [-0.2, -0.15) is 0 Å². The summed E-state index contributed by atoms with van der Waals surface area (Å²) in [6.07, 6.45) is 0. The van der Waals surface area contributed by atoms with Crippen molar-refractivity contribution in [2.24, 2.45) is 0 Å². The van der Waals surface area contributed by atoms with Gasteiger partial charge in [-0.05, 0) is 47.2 Å². The minimum absolute atomic E-state index is 0.531. The quantitative estimate of drug-likeness (QED) is 0.578. The summed E-state index contributed by atoms with van der Waals surface area (Å²) in [5, 5.41) is 5.73. The normalized spacial score (nSPS) is 10.8. The van der Waals surface area contributed by atoms with Gasteiger partial charge in [0.25, 0.3) is 0 Å². The summed E-state index contributed by atoms with van der Waals surface area (Å²) in [5.41, 5.74) is 2.15. The maximum absolute atomic E-state index is 5.74. The highest BCUT2D eigenvalue weighted by molar-refractivity contribution is 5.87. The first-order chi connectivity index (χ1) is 12.3. The molecule has 0 aliphatic carbocycles. The Labute approximate surface area is 148 Å². The number of methoxy groups -OCH3 is 1. The van der Waals surface area contributed by atoms with E-state index in [0.29, 0.717) is 26.4 Å². The summed E-state index contributed by atoms with van der Waals surface area (Å²) in [7, 11) is 1.66. The van der Waals surface area contributed by atoms with Crippen molar-refractivity contribution >= 4 is 22.1 Å². The maximum Gasteiger partial charge on any atom is 0.120 e. The molecule has 1 N–H and O–H groups in total. The molecular formula is C21H23NO3. The topological polar surface area (TPSA) is 39.7 Å². The molecule has 25 heavy (non-hydrogen) atoms. The summed E-state index contributed by atoms with van der Waals surface area (Å²) in [5.74, 6) is 0.853. The highest BCUT2D eigenvalue weighted by Gasteiger charge is 2.01. The molecule has 0 aromatic heterocycles. The van der Waals surface area contributed by atoms with E-state index in [1.54, 1.807) is 7.11 Å². The van der Waals surface area contributed by atoms with Gasteiger partial charge >= 0.3 is 0 Å². The van der Waals surface area contributed by atoms with E-state index in [1.165, 1.54) is 5.39 Å². The average molecular weight is 337 g/mol. The van der Waals surface area contributed by atoms with Crippen LogP contribution in [0.1, 0.15) is 0 Å². The molecule has 3 rings (SSSR count). The lowest BCUT2D eigenvalue weighted by Gasteiger charge is -2.10. The van der Waals surface area contributed by atoms with E-state index < -0.39 is 0 Å². The number of nitrogens with one attached hydrogen (secondary N) is 1. The van der Waals surface area contributed by atoms with Crippen LogP contribution in [0, 0.1) is 0 Å². The van der Waals surface area contributed by atoms with Crippen molar-refractivity contribution in [3.8, 4) is 5.75 Å². The molecule has 0 aliphatic rings. The molecular weight excluding hydrogens is 314 g/mol. The molecule has 0 fully saturated rings. The Balaban J connectivity index is 1.59. The van der Waals surface area contributed by atoms with Crippen LogP contribution in [-0.4, -0.2) is 33.5 Å². The van der Waals surface area contributed by atoms with Gasteiger partial charge in [0.2, 0.25) is 0 Å². The summed E-state index contributed by atoms with van der Waals surface area (Å²) < 4.78 is 16.1. The van der Waals surface area contributed by atoms with Gasteiger partial charge in [-0.1, -0.05) is 30.3 Å². The fourth-order valence-corrected chi connectivity index (χ4v) is 2.54. The van der Waals surface area contributed by atoms with E-state index in [2.05, 4.69) is 47.8 Å². The molecule has 4 nitrogen and oxygen atoms in total. The number of rotatable bonds is 9. The Morgan fingerprint density at radius 1 is 0.720 bits per heavy atom. The third kappa shape index (κ3) is 5.21. The van der Waals surface area contributed by atoms with Crippen molar-refractivity contribution < 1.29 is 14.2 Å². The van der Waals surface area contributed by atoms with Crippen LogP contribution in [0.15, 0.2) is 66.7 Å². The second kappa shape index (κ2) is 9.06. The predicted octanol–water partition coefficient (Wildman–Crippen LogP) is 4.63. The molecule has 0 radical (unpaired) electrons. The zero-order valence-electron chi connectivity index (χ0n) is 14.4. The van der Waals surface area contributed by atoms with Crippen molar-refractivity contribution in [2.75, 3.05) is 38.9 Å². The number of benzene rings is 3. The molecule has 0 aliphatic heterocycles. The molecule has 0 spiro atoms. The van der Waals surface area contributed by atoms with Gasteiger partial charge in [-0.15, -0.1) is 0 Å². The largest absolute Gasteiger partial charge is 0.491 e. The highest BCUT2D eigenvalue weighted by Crippen LogP contribution is 2.25. The maximum atomic E-state index is 5.74. The van der Waals surface area contributed by atoms with Gasteiger partial charge in [0, 0.05) is 18.5 Å². The molecule has 0 atom stereocenters. The zero-order chi connectivity index (χ0) is 17.3. The SMILES string of the molecule is COCCOCCOc1ccc2cc(Nc3ccccc3)ccc2c1. The van der Waals surface area contributed by atoms with Gasteiger partial charge in [0.05, 0.1) is 19.8 Å². The molecule has 0 saturated heterocycles. The Morgan fingerprint density at radius 3 is 2.32 bits per heavy atom. The molecule has 3 aromatic rings. The van der Waals surface area contributed by atoms with E-state index in [9.17, 15) is 0 Å². The van der Waals surface area contributed by atoms with E-state index >= 15 is 0 Å². The van der Waals surface area contributed by atoms with Crippen LogP contribution in [0.4, 0.5) is 11.4 Å². The molecule has 0 amide bonds. The van der Waals surface area contributed by atoms with Crippen LogP contribution in [0.5, 0.6) is 5.75 Å². The third-order valence-corrected chi connectivity index (χ3v) is 3.80. The minimum atomic E-state index is 0.531. The first-order valence-corrected chi connectivity index (χ1v) is 8.40. The first-order valence-electron chi connectivity index (χ1n) is 8.40. The Hall–Kier alpha value is -2.56. The fourth-order valence-electron chi connectivity index (χ4n) is 2.54. The summed E-state index contributed by atoms with van der Waals surface area (Å²) >= 11 is 0. The molecule has 4 heteroatoms. The Bertz CT molecular complexity index is 790. The van der Waals surface area contributed by atoms with Crippen LogP contribution in [0.25, 0.3) is 10.8 Å². The van der Waals surface area contributed by atoms with Gasteiger partial charge < -0.3 is 19.5 Å². The van der Waals surface area contributed by atoms with Crippen LogP contribution >= 0.6 is 0 Å². The molecule has 3 aromatic carbocycles. The van der Waals surface area contributed by atoms with Crippen molar-refractivity contribution in [3.05, 3.63) is 66.7 Å². The lowest BCUT2D eigenvalue weighted by atomic mass is 10.1. The van der Waals surface area contributed by atoms with Gasteiger partial charge in [0.15, 0.2) is 0 Å². The number of para-hydroxylation sites is 1. The minimum Gasteiger partial charge on any atom is -0.491 e. The molecule has 0 bridgehead atoms. The number of hydrogen-bond donors (Lipinski definition) is 1. The second-order valence-electron chi connectivity index (χ2n) is 5.67. The lowest BCUT2D eigenvalue weighted by molar-refractivity contribution is 0.0544. The number of fused-ring (bicyclic) bond motifs is 1. The lowest BCUT2D eigenvalue weighted by Crippen LogP contribution is -2.09. The van der Waals surface area contributed by atoms with E-state index in [-0.39, 0.29) is 0 Å². The van der Waals surface area contributed by atoms with Crippen molar-refractivity contribution in [2.45, 2.75) is 0 Å². The van der Waals surface area contributed by atoms with Crippen LogP contribution in [-0.2, 0) is 9.47 Å². The Kier molecular flexibility index (Phi) is 6.26. The van der Waals surface area contributed by atoms with E-state index in [1.807, 2.05) is 24.3 Å². The molecule has 0 heterocycles. The summed E-state index contributed by atoms with van der Waals surface area (Å²) in [6, 6.07) is 22.6. The summed E-state index contributed by atoms with van der Waals surface area (Å²) in [4.78, 5) is 0. The van der Waals surface area contributed by atoms with Gasteiger partial charge in [0.1, 0.15) is 12.4 Å². The predicted molar refractivity (Wildman–Crippen MR) is 102 cm³/mol. The Morgan fingerprint density at radius 2 is 1.48 bits per heavy atom. The second-order valence-corrected chi connectivity index (χ2v) is 5.67. The monoisotopic (exact) mass is 337 g/mol. The van der Waals surface area contributed by atoms with E-state index in [4.69, 9.17) is 14.2 Å². The van der Waals surface area contributed by atoms with Crippen LogP contribution in [0.3, 0.4) is 0 Å².